The van der Waals surface area contributed by atoms with Crippen molar-refractivity contribution in [2.45, 2.75) is 31.9 Å². The highest BCUT2D eigenvalue weighted by Gasteiger charge is 2.30. The Balaban J connectivity index is 1.83. The molecule has 0 fully saturated rings. The van der Waals surface area contributed by atoms with Crippen LogP contribution < -0.4 is 5.32 Å². The van der Waals surface area contributed by atoms with E-state index >= 15 is 0 Å². The van der Waals surface area contributed by atoms with Crippen LogP contribution in [0.4, 0.5) is 24.8 Å². The van der Waals surface area contributed by atoms with Gasteiger partial charge in [0.25, 0.3) is 0 Å². The summed E-state index contributed by atoms with van der Waals surface area (Å²) in [5, 5.41) is 2.84. The fraction of sp³-hybridized carbons (Fsp3) is 0.333. The third-order valence-electron chi connectivity index (χ3n) is 3.51. The van der Waals surface area contributed by atoms with E-state index in [-0.39, 0.29) is 0 Å². The lowest BCUT2D eigenvalue weighted by Crippen LogP contribution is -2.09. The molecule has 1 aliphatic rings. The van der Waals surface area contributed by atoms with Gasteiger partial charge in [-0.05, 0) is 49.4 Å². The summed E-state index contributed by atoms with van der Waals surface area (Å²) in [4.78, 5) is 8.57. The molecule has 0 spiro atoms. The van der Waals surface area contributed by atoms with Gasteiger partial charge in [0.15, 0.2) is 0 Å². The number of nitrogens with zero attached hydrogens (tertiary/aromatic N) is 2. The van der Waals surface area contributed by atoms with Gasteiger partial charge in [-0.3, -0.25) is 0 Å². The van der Waals surface area contributed by atoms with Gasteiger partial charge in [-0.25, -0.2) is 9.97 Å². The number of hydrogen-bond acceptors (Lipinski definition) is 3. The number of aryl methyl sites for hydroxylation is 2. The first-order valence-corrected chi connectivity index (χ1v) is 6.81. The Hall–Kier alpha value is -2.11. The lowest BCUT2D eigenvalue weighted by molar-refractivity contribution is -0.137. The Kier molecular flexibility index (Phi) is 3.53. The average molecular weight is 293 g/mol. The van der Waals surface area contributed by atoms with Gasteiger partial charge in [0.05, 0.1) is 5.56 Å². The summed E-state index contributed by atoms with van der Waals surface area (Å²) in [5.74, 6) is 0.343. The van der Waals surface area contributed by atoms with Crippen molar-refractivity contribution >= 4 is 11.6 Å². The molecule has 0 saturated carbocycles. The van der Waals surface area contributed by atoms with Crippen LogP contribution in [0, 0.1) is 0 Å². The molecular weight excluding hydrogens is 279 g/mol. The summed E-state index contributed by atoms with van der Waals surface area (Å²) >= 11 is 0. The topological polar surface area (TPSA) is 37.8 Å². The average Bonchev–Trinajstić information content (AvgIpc) is 2.46. The van der Waals surface area contributed by atoms with Crippen LogP contribution in [-0.4, -0.2) is 9.97 Å². The van der Waals surface area contributed by atoms with E-state index in [9.17, 15) is 13.2 Å². The van der Waals surface area contributed by atoms with Crippen molar-refractivity contribution in [1.82, 2.24) is 9.97 Å². The molecule has 1 aliphatic carbocycles. The second-order valence-corrected chi connectivity index (χ2v) is 5.08. The highest BCUT2D eigenvalue weighted by Crippen LogP contribution is 2.31. The van der Waals surface area contributed by atoms with Crippen LogP contribution in [-0.2, 0) is 19.0 Å². The number of halogens is 3. The third kappa shape index (κ3) is 3.15. The van der Waals surface area contributed by atoms with Crippen molar-refractivity contribution in [2.75, 3.05) is 5.32 Å². The molecule has 0 radical (unpaired) electrons. The van der Waals surface area contributed by atoms with Crippen molar-refractivity contribution < 1.29 is 13.2 Å². The zero-order chi connectivity index (χ0) is 14.9. The van der Waals surface area contributed by atoms with Crippen molar-refractivity contribution in [1.29, 1.82) is 0 Å². The number of fused-ring (bicyclic) bond motifs is 1. The first-order valence-electron chi connectivity index (χ1n) is 6.81. The minimum Gasteiger partial charge on any atom is -0.324 e. The van der Waals surface area contributed by atoms with Gasteiger partial charge in [-0.2, -0.15) is 13.2 Å². The van der Waals surface area contributed by atoms with E-state index in [2.05, 4.69) is 15.3 Å². The smallest absolute Gasteiger partial charge is 0.324 e. The van der Waals surface area contributed by atoms with Gasteiger partial charge in [0.2, 0.25) is 5.95 Å². The van der Waals surface area contributed by atoms with E-state index in [0.29, 0.717) is 11.6 Å². The van der Waals surface area contributed by atoms with Crippen LogP contribution in [0.25, 0.3) is 0 Å². The van der Waals surface area contributed by atoms with Crippen molar-refractivity contribution in [2.24, 2.45) is 0 Å². The molecule has 110 valence electrons. The van der Waals surface area contributed by atoms with Crippen LogP contribution in [0.2, 0.25) is 0 Å². The molecule has 0 unspecified atom stereocenters. The Morgan fingerprint density at radius 1 is 1.10 bits per heavy atom. The number of anilines is 2. The van der Waals surface area contributed by atoms with E-state index in [4.69, 9.17) is 0 Å². The third-order valence-corrected chi connectivity index (χ3v) is 3.51. The summed E-state index contributed by atoms with van der Waals surface area (Å²) < 4.78 is 38.0. The number of hydrogen-bond donors (Lipinski definition) is 1. The highest BCUT2D eigenvalue weighted by atomic mass is 19.4. The standard InChI is InChI=1S/C15H14F3N3/c16-15(17,18)11-5-3-6-12(8-11)20-14-19-9-10-4-1-2-7-13(10)21-14/h3,5-6,8-9H,1-2,4,7H2,(H,19,20,21). The first kappa shape index (κ1) is 13.9. The molecular formula is C15H14F3N3. The Morgan fingerprint density at radius 2 is 1.90 bits per heavy atom. The molecule has 0 aliphatic heterocycles. The lowest BCUT2D eigenvalue weighted by atomic mass is 9.98. The van der Waals surface area contributed by atoms with E-state index < -0.39 is 11.7 Å². The molecule has 0 saturated heterocycles. The molecule has 0 amide bonds. The lowest BCUT2D eigenvalue weighted by Gasteiger charge is -2.15. The van der Waals surface area contributed by atoms with Crippen molar-refractivity contribution in [3.05, 3.63) is 47.3 Å². The molecule has 1 aromatic heterocycles. The van der Waals surface area contributed by atoms with Crippen LogP contribution in [0.3, 0.4) is 0 Å². The zero-order valence-electron chi connectivity index (χ0n) is 11.2. The Labute approximate surface area is 120 Å². The van der Waals surface area contributed by atoms with Gasteiger partial charge in [-0.1, -0.05) is 6.07 Å². The molecule has 3 nitrogen and oxygen atoms in total. The van der Waals surface area contributed by atoms with Crippen molar-refractivity contribution in [3.63, 3.8) is 0 Å². The monoisotopic (exact) mass is 293 g/mol. The molecule has 6 heteroatoms. The molecule has 1 N–H and O–H groups in total. The van der Waals surface area contributed by atoms with E-state index in [1.54, 1.807) is 12.3 Å². The zero-order valence-corrected chi connectivity index (χ0v) is 11.2. The van der Waals surface area contributed by atoms with Gasteiger partial charge in [0.1, 0.15) is 0 Å². The maximum absolute atomic E-state index is 12.7. The largest absolute Gasteiger partial charge is 0.416 e. The summed E-state index contributed by atoms with van der Waals surface area (Å²) in [6.45, 7) is 0. The highest BCUT2D eigenvalue weighted by molar-refractivity contribution is 5.55. The Bertz CT molecular complexity index is 653. The van der Waals surface area contributed by atoms with E-state index in [0.717, 1.165) is 49.1 Å². The summed E-state index contributed by atoms with van der Waals surface area (Å²) in [6, 6.07) is 5.03. The minimum absolute atomic E-state index is 0.334. The molecule has 1 heterocycles. The normalized spacial score (nSPS) is 14.6. The number of nitrogens with one attached hydrogen (secondary N) is 1. The number of alkyl halides is 3. The van der Waals surface area contributed by atoms with Crippen LogP contribution in [0.1, 0.15) is 29.7 Å². The van der Waals surface area contributed by atoms with Gasteiger partial charge >= 0.3 is 6.18 Å². The molecule has 3 rings (SSSR count). The minimum atomic E-state index is -4.35. The fourth-order valence-corrected chi connectivity index (χ4v) is 2.44. The van der Waals surface area contributed by atoms with E-state index in [1.165, 1.54) is 6.07 Å². The summed E-state index contributed by atoms with van der Waals surface area (Å²) in [6.07, 6.45) is 1.50. The van der Waals surface area contributed by atoms with Gasteiger partial charge in [0, 0.05) is 17.6 Å². The number of aromatic nitrogens is 2. The number of benzene rings is 1. The molecule has 21 heavy (non-hydrogen) atoms. The SMILES string of the molecule is FC(F)(F)c1cccc(Nc2ncc3c(n2)CCCC3)c1. The van der Waals surface area contributed by atoms with Gasteiger partial charge in [-0.15, -0.1) is 0 Å². The predicted molar refractivity (Wildman–Crippen MR) is 73.4 cm³/mol. The molecule has 2 aromatic rings. The maximum atomic E-state index is 12.7. The Morgan fingerprint density at radius 3 is 2.71 bits per heavy atom. The van der Waals surface area contributed by atoms with Crippen LogP contribution >= 0.6 is 0 Å². The van der Waals surface area contributed by atoms with Crippen LogP contribution in [0.5, 0.6) is 0 Å². The molecule has 0 atom stereocenters. The van der Waals surface area contributed by atoms with Crippen LogP contribution in [0.15, 0.2) is 30.5 Å². The summed E-state index contributed by atoms with van der Waals surface area (Å²) in [5.41, 5.74) is 1.77. The molecule has 0 bridgehead atoms. The van der Waals surface area contributed by atoms with Gasteiger partial charge < -0.3 is 5.32 Å². The summed E-state index contributed by atoms with van der Waals surface area (Å²) in [7, 11) is 0. The molecule has 1 aromatic carbocycles. The number of rotatable bonds is 2. The van der Waals surface area contributed by atoms with Crippen molar-refractivity contribution in [3.8, 4) is 0 Å². The fourth-order valence-electron chi connectivity index (χ4n) is 2.44. The quantitative estimate of drug-likeness (QED) is 0.905. The first-order chi connectivity index (χ1) is 10.0. The second-order valence-electron chi connectivity index (χ2n) is 5.08. The van der Waals surface area contributed by atoms with E-state index in [1.807, 2.05) is 0 Å². The maximum Gasteiger partial charge on any atom is 0.416 e. The second kappa shape index (κ2) is 5.35. The predicted octanol–water partition coefficient (Wildman–Crippen LogP) is 4.12.